The second-order valence-corrected chi connectivity index (χ2v) is 5.15. The zero-order valence-corrected chi connectivity index (χ0v) is 10.3. The average molecular weight is 240 g/mol. The lowest BCUT2D eigenvalue weighted by Crippen LogP contribution is -2.41. The predicted octanol–water partition coefficient (Wildman–Crippen LogP) is 2.20. The highest BCUT2D eigenvalue weighted by Gasteiger charge is 2.25. The van der Waals surface area contributed by atoms with E-state index in [1.54, 1.807) is 0 Å². The summed E-state index contributed by atoms with van der Waals surface area (Å²) < 4.78 is 0. The fourth-order valence-corrected chi connectivity index (χ4v) is 2.45. The molecule has 1 aromatic rings. The summed E-state index contributed by atoms with van der Waals surface area (Å²) in [6.45, 7) is 1.97. The van der Waals surface area contributed by atoms with Crippen molar-refractivity contribution in [2.45, 2.75) is 18.9 Å². The summed E-state index contributed by atoms with van der Waals surface area (Å²) >= 11 is 5.85. The lowest BCUT2D eigenvalue weighted by molar-refractivity contribution is 0.0366. The molecular weight excluding hydrogens is 222 g/mol. The van der Waals surface area contributed by atoms with E-state index in [1.807, 2.05) is 24.3 Å². The van der Waals surface area contributed by atoms with E-state index in [2.05, 4.69) is 11.9 Å². The van der Waals surface area contributed by atoms with Gasteiger partial charge in [-0.25, -0.2) is 0 Å². The van der Waals surface area contributed by atoms with Gasteiger partial charge in [-0.2, -0.15) is 0 Å². The van der Waals surface area contributed by atoms with Gasteiger partial charge in [0.05, 0.1) is 6.10 Å². The zero-order chi connectivity index (χ0) is 11.5. The van der Waals surface area contributed by atoms with Gasteiger partial charge in [-0.3, -0.25) is 0 Å². The summed E-state index contributed by atoms with van der Waals surface area (Å²) in [5, 5.41) is 10.7. The van der Waals surface area contributed by atoms with Crippen molar-refractivity contribution in [2.24, 2.45) is 5.92 Å². The Hall–Kier alpha value is -0.570. The number of hydrogen-bond acceptors (Lipinski definition) is 2. The molecule has 0 bridgehead atoms. The Morgan fingerprint density at radius 1 is 1.38 bits per heavy atom. The quantitative estimate of drug-likeness (QED) is 0.856. The number of hydrogen-bond donors (Lipinski definition) is 1. The number of halogens is 1. The van der Waals surface area contributed by atoms with Crippen LogP contribution in [0.2, 0.25) is 5.02 Å². The summed E-state index contributed by atoms with van der Waals surface area (Å²) in [6.07, 6.45) is 1.66. The van der Waals surface area contributed by atoms with Gasteiger partial charge in [-0.05, 0) is 37.6 Å². The highest BCUT2D eigenvalue weighted by Crippen LogP contribution is 2.21. The van der Waals surface area contributed by atoms with E-state index in [-0.39, 0.29) is 6.10 Å². The van der Waals surface area contributed by atoms with Crippen LogP contribution in [-0.4, -0.2) is 36.2 Å². The summed E-state index contributed by atoms with van der Waals surface area (Å²) in [4.78, 5) is 2.29. The van der Waals surface area contributed by atoms with Gasteiger partial charge in [0, 0.05) is 24.0 Å². The van der Waals surface area contributed by atoms with E-state index in [4.69, 9.17) is 11.6 Å². The zero-order valence-electron chi connectivity index (χ0n) is 9.56. The average Bonchev–Trinajstić information content (AvgIpc) is 2.27. The Morgan fingerprint density at radius 3 is 2.75 bits per heavy atom. The fourth-order valence-electron chi connectivity index (χ4n) is 2.33. The molecule has 0 saturated carbocycles. The van der Waals surface area contributed by atoms with Crippen LogP contribution in [0.1, 0.15) is 12.0 Å². The Morgan fingerprint density at radius 2 is 2.06 bits per heavy atom. The first-order valence-electron chi connectivity index (χ1n) is 5.76. The van der Waals surface area contributed by atoms with Crippen LogP contribution < -0.4 is 0 Å². The molecule has 2 nitrogen and oxygen atoms in total. The number of likely N-dealkylation sites (tertiary alicyclic amines) is 1. The number of piperidine rings is 1. The first-order chi connectivity index (χ1) is 7.65. The third-order valence-electron chi connectivity index (χ3n) is 3.31. The molecule has 1 fully saturated rings. The Balaban J connectivity index is 2.00. The second-order valence-electron chi connectivity index (χ2n) is 4.71. The third kappa shape index (κ3) is 2.97. The molecule has 0 amide bonds. The van der Waals surface area contributed by atoms with Crippen molar-refractivity contribution in [1.82, 2.24) is 4.90 Å². The number of aliphatic hydroxyl groups is 1. The van der Waals surface area contributed by atoms with Gasteiger partial charge in [0.1, 0.15) is 0 Å². The number of benzene rings is 1. The van der Waals surface area contributed by atoms with Gasteiger partial charge in [-0.1, -0.05) is 23.7 Å². The molecule has 0 aliphatic carbocycles. The standard InChI is InChI=1S/C13H18ClNO/c1-15-7-6-13(16)11(9-15)8-10-2-4-12(14)5-3-10/h2-5,11,13,16H,6-9H2,1H3. The minimum absolute atomic E-state index is 0.160. The maximum Gasteiger partial charge on any atom is 0.0596 e. The highest BCUT2D eigenvalue weighted by molar-refractivity contribution is 6.30. The smallest absolute Gasteiger partial charge is 0.0596 e. The highest BCUT2D eigenvalue weighted by atomic mass is 35.5. The molecule has 1 aliphatic rings. The molecule has 0 radical (unpaired) electrons. The molecular formula is C13H18ClNO. The number of nitrogens with zero attached hydrogens (tertiary/aromatic N) is 1. The molecule has 16 heavy (non-hydrogen) atoms. The molecule has 0 aromatic heterocycles. The molecule has 3 heteroatoms. The van der Waals surface area contributed by atoms with Crippen molar-refractivity contribution in [3.63, 3.8) is 0 Å². The number of aliphatic hydroxyl groups excluding tert-OH is 1. The minimum atomic E-state index is -0.160. The maximum atomic E-state index is 9.95. The van der Waals surface area contributed by atoms with E-state index >= 15 is 0 Å². The van der Waals surface area contributed by atoms with Gasteiger partial charge in [0.25, 0.3) is 0 Å². The molecule has 1 N–H and O–H groups in total. The summed E-state index contributed by atoms with van der Waals surface area (Å²) in [5.74, 6) is 0.347. The van der Waals surface area contributed by atoms with Crippen molar-refractivity contribution in [1.29, 1.82) is 0 Å². The Kier molecular flexibility index (Phi) is 3.85. The van der Waals surface area contributed by atoms with Crippen LogP contribution in [0.5, 0.6) is 0 Å². The van der Waals surface area contributed by atoms with Gasteiger partial charge in [-0.15, -0.1) is 0 Å². The van der Waals surface area contributed by atoms with Crippen LogP contribution in [-0.2, 0) is 6.42 Å². The van der Waals surface area contributed by atoms with E-state index in [0.29, 0.717) is 5.92 Å². The monoisotopic (exact) mass is 239 g/mol. The minimum Gasteiger partial charge on any atom is -0.393 e. The molecule has 1 aromatic carbocycles. The fraction of sp³-hybridized carbons (Fsp3) is 0.538. The summed E-state index contributed by atoms with van der Waals surface area (Å²) in [5.41, 5.74) is 1.25. The van der Waals surface area contributed by atoms with E-state index < -0.39 is 0 Å². The first-order valence-corrected chi connectivity index (χ1v) is 6.14. The molecule has 1 aliphatic heterocycles. The van der Waals surface area contributed by atoms with Crippen molar-refractivity contribution < 1.29 is 5.11 Å². The van der Waals surface area contributed by atoms with Crippen LogP contribution in [0.3, 0.4) is 0 Å². The topological polar surface area (TPSA) is 23.5 Å². The van der Waals surface area contributed by atoms with Crippen LogP contribution in [0.15, 0.2) is 24.3 Å². The van der Waals surface area contributed by atoms with Gasteiger partial charge < -0.3 is 10.0 Å². The molecule has 2 rings (SSSR count). The SMILES string of the molecule is CN1CCC(O)C(Cc2ccc(Cl)cc2)C1. The Bertz CT molecular complexity index is 338. The van der Waals surface area contributed by atoms with Crippen molar-refractivity contribution >= 4 is 11.6 Å². The first kappa shape index (κ1) is 11.9. The molecule has 1 saturated heterocycles. The van der Waals surface area contributed by atoms with Crippen LogP contribution >= 0.6 is 11.6 Å². The van der Waals surface area contributed by atoms with E-state index in [9.17, 15) is 5.11 Å². The largest absolute Gasteiger partial charge is 0.393 e. The lowest BCUT2D eigenvalue weighted by Gasteiger charge is -2.34. The third-order valence-corrected chi connectivity index (χ3v) is 3.56. The van der Waals surface area contributed by atoms with Crippen LogP contribution in [0.4, 0.5) is 0 Å². The van der Waals surface area contributed by atoms with Gasteiger partial charge >= 0.3 is 0 Å². The molecule has 2 atom stereocenters. The summed E-state index contributed by atoms with van der Waals surface area (Å²) in [7, 11) is 2.11. The maximum absolute atomic E-state index is 9.95. The van der Waals surface area contributed by atoms with Crippen molar-refractivity contribution in [2.75, 3.05) is 20.1 Å². The van der Waals surface area contributed by atoms with E-state index in [1.165, 1.54) is 5.56 Å². The molecule has 0 spiro atoms. The van der Waals surface area contributed by atoms with E-state index in [0.717, 1.165) is 31.0 Å². The number of rotatable bonds is 2. The van der Waals surface area contributed by atoms with Gasteiger partial charge in [0.2, 0.25) is 0 Å². The normalized spacial score (nSPS) is 26.9. The van der Waals surface area contributed by atoms with Crippen LogP contribution in [0, 0.1) is 5.92 Å². The Labute approximate surface area is 102 Å². The summed E-state index contributed by atoms with van der Waals surface area (Å²) in [6, 6.07) is 7.92. The molecule has 88 valence electrons. The molecule has 1 heterocycles. The predicted molar refractivity (Wildman–Crippen MR) is 66.8 cm³/mol. The van der Waals surface area contributed by atoms with Crippen LogP contribution in [0.25, 0.3) is 0 Å². The van der Waals surface area contributed by atoms with Crippen molar-refractivity contribution in [3.8, 4) is 0 Å². The lowest BCUT2D eigenvalue weighted by atomic mass is 9.89. The van der Waals surface area contributed by atoms with Gasteiger partial charge in [0.15, 0.2) is 0 Å². The van der Waals surface area contributed by atoms with Crippen molar-refractivity contribution in [3.05, 3.63) is 34.9 Å². The second kappa shape index (κ2) is 5.17. The molecule has 2 unspecified atom stereocenters.